The molecule has 0 amide bonds. The van der Waals surface area contributed by atoms with E-state index in [0.717, 1.165) is 22.3 Å². The molecule has 0 saturated carbocycles. The molecule has 0 aromatic heterocycles. The summed E-state index contributed by atoms with van der Waals surface area (Å²) >= 11 is 0. The van der Waals surface area contributed by atoms with E-state index < -0.39 is 24.4 Å². The normalized spacial score (nSPS) is 21.9. The number of ether oxygens (including phenoxy) is 5. The topological polar surface area (TPSA) is 78.4 Å². The number of hydrogen-bond acceptors (Lipinski definition) is 7. The third-order valence-corrected chi connectivity index (χ3v) is 7.52. The fraction of sp³-hybridized carbons (Fsp3) is 0.333. The van der Waals surface area contributed by atoms with Crippen LogP contribution in [0, 0.1) is 0 Å². The molecule has 1 saturated heterocycles. The van der Waals surface area contributed by atoms with Crippen LogP contribution in [0.2, 0.25) is 0 Å². The monoisotopic (exact) mass is 583 g/mol. The maximum absolute atomic E-state index is 9.48. The van der Waals surface area contributed by atoms with Gasteiger partial charge in [-0.3, -0.25) is 0 Å². The van der Waals surface area contributed by atoms with Crippen LogP contribution in [0.15, 0.2) is 121 Å². The molecule has 4 aromatic rings. The fourth-order valence-corrected chi connectivity index (χ4v) is 5.32. The average Bonchev–Trinajstić information content (AvgIpc) is 3.07. The van der Waals surface area contributed by atoms with Gasteiger partial charge in [-0.25, -0.2) is 5.48 Å². The van der Waals surface area contributed by atoms with Crippen LogP contribution in [0.3, 0.4) is 0 Å². The van der Waals surface area contributed by atoms with Crippen LogP contribution in [-0.2, 0) is 50.1 Å². The van der Waals surface area contributed by atoms with Gasteiger partial charge in [0.1, 0.15) is 24.4 Å². The molecule has 1 heterocycles. The Hall–Kier alpha value is -3.40. The minimum atomic E-state index is -0.473. The summed E-state index contributed by atoms with van der Waals surface area (Å²) in [5.41, 5.74) is 6.54. The molecule has 0 spiro atoms. The molecule has 43 heavy (non-hydrogen) atoms. The Labute approximate surface area is 254 Å². The smallest absolute Gasteiger partial charge is 0.115 e. The van der Waals surface area contributed by atoms with E-state index in [0.29, 0.717) is 46.0 Å². The second-order valence-corrected chi connectivity index (χ2v) is 10.7. The number of rotatable bonds is 16. The van der Waals surface area contributed by atoms with Crippen LogP contribution in [0.4, 0.5) is 0 Å². The van der Waals surface area contributed by atoms with Crippen LogP contribution in [0.1, 0.15) is 28.7 Å². The average molecular weight is 584 g/mol. The van der Waals surface area contributed by atoms with Crippen molar-refractivity contribution < 1.29 is 28.9 Å². The Morgan fingerprint density at radius 3 is 1.35 bits per heavy atom. The molecule has 5 rings (SSSR count). The first kappa shape index (κ1) is 31.0. The van der Waals surface area contributed by atoms with Gasteiger partial charge in [-0.1, -0.05) is 121 Å². The van der Waals surface area contributed by atoms with Crippen molar-refractivity contribution in [1.82, 2.24) is 5.48 Å². The van der Waals surface area contributed by atoms with Gasteiger partial charge in [0.2, 0.25) is 0 Å². The molecular weight excluding hydrogens is 542 g/mol. The van der Waals surface area contributed by atoms with E-state index in [1.807, 2.05) is 121 Å². The van der Waals surface area contributed by atoms with E-state index >= 15 is 0 Å². The summed E-state index contributed by atoms with van der Waals surface area (Å²) in [6.45, 7) is 2.29. The standard InChI is InChI=1S/C36H41NO6/c38-37-22-21-32-34(40-24-29-15-7-2-8-16-29)36(42-26-31-19-11-4-12-20-31)35(41-25-30-17-9-3-10-18-30)33(43-32)27-39-23-28-13-5-1-6-14-28/h1-20,32-38H,21-27H2/t32-,33+,34-,35-,36+/m0/s1. The first-order valence-corrected chi connectivity index (χ1v) is 14.9. The Bertz CT molecular complexity index is 1290. The number of hydroxylamine groups is 1. The van der Waals surface area contributed by atoms with Gasteiger partial charge in [0.15, 0.2) is 0 Å². The summed E-state index contributed by atoms with van der Waals surface area (Å²) in [6, 6.07) is 40.3. The molecular formula is C36H41NO6. The molecule has 1 aliphatic heterocycles. The summed E-state index contributed by atoms with van der Waals surface area (Å²) in [4.78, 5) is 0. The van der Waals surface area contributed by atoms with Crippen LogP contribution in [-0.4, -0.2) is 48.9 Å². The van der Waals surface area contributed by atoms with Gasteiger partial charge in [0, 0.05) is 6.54 Å². The van der Waals surface area contributed by atoms with Crippen LogP contribution >= 0.6 is 0 Å². The van der Waals surface area contributed by atoms with Gasteiger partial charge in [-0.2, -0.15) is 0 Å². The molecule has 7 heteroatoms. The summed E-state index contributed by atoms with van der Waals surface area (Å²) in [6.07, 6.45) is -1.67. The molecule has 5 atom stereocenters. The highest BCUT2D eigenvalue weighted by Gasteiger charge is 2.48. The zero-order valence-electron chi connectivity index (χ0n) is 24.4. The van der Waals surface area contributed by atoms with Crippen molar-refractivity contribution >= 4 is 0 Å². The highest BCUT2D eigenvalue weighted by molar-refractivity contribution is 5.16. The van der Waals surface area contributed by atoms with Crippen molar-refractivity contribution in [2.24, 2.45) is 0 Å². The zero-order valence-corrected chi connectivity index (χ0v) is 24.4. The summed E-state index contributed by atoms with van der Waals surface area (Å²) < 4.78 is 32.9. The minimum absolute atomic E-state index is 0.313. The van der Waals surface area contributed by atoms with E-state index in [9.17, 15) is 5.21 Å². The van der Waals surface area contributed by atoms with E-state index in [1.165, 1.54) is 0 Å². The lowest BCUT2D eigenvalue weighted by Crippen LogP contribution is -2.61. The van der Waals surface area contributed by atoms with Gasteiger partial charge >= 0.3 is 0 Å². The maximum Gasteiger partial charge on any atom is 0.115 e. The molecule has 4 aromatic carbocycles. The Morgan fingerprint density at radius 2 is 0.907 bits per heavy atom. The van der Waals surface area contributed by atoms with Crippen LogP contribution < -0.4 is 5.48 Å². The number of hydrogen-bond donors (Lipinski definition) is 2. The lowest BCUT2D eigenvalue weighted by atomic mass is 9.92. The zero-order chi connectivity index (χ0) is 29.5. The largest absolute Gasteiger partial charge is 0.374 e. The predicted octanol–water partition coefficient (Wildman–Crippen LogP) is 6.10. The highest BCUT2D eigenvalue weighted by Crippen LogP contribution is 2.32. The van der Waals surface area contributed by atoms with Crippen LogP contribution in [0.5, 0.6) is 0 Å². The second kappa shape index (κ2) is 17.0. The number of nitrogens with one attached hydrogen (secondary N) is 1. The Morgan fingerprint density at radius 1 is 0.512 bits per heavy atom. The summed E-state index contributed by atoms with van der Waals surface area (Å²) in [5, 5.41) is 9.48. The third kappa shape index (κ3) is 9.55. The minimum Gasteiger partial charge on any atom is -0.374 e. The molecule has 1 fully saturated rings. The first-order valence-electron chi connectivity index (χ1n) is 14.9. The second-order valence-electron chi connectivity index (χ2n) is 10.7. The van der Waals surface area contributed by atoms with Crippen LogP contribution in [0.25, 0.3) is 0 Å². The summed E-state index contributed by atoms with van der Waals surface area (Å²) in [5.74, 6) is 0. The molecule has 1 aliphatic rings. The van der Waals surface area contributed by atoms with Crippen molar-refractivity contribution in [3.8, 4) is 0 Å². The van der Waals surface area contributed by atoms with E-state index in [4.69, 9.17) is 23.7 Å². The van der Waals surface area contributed by atoms with Gasteiger partial charge < -0.3 is 28.9 Å². The van der Waals surface area contributed by atoms with Gasteiger partial charge in [0.25, 0.3) is 0 Å². The van der Waals surface area contributed by atoms with Gasteiger partial charge in [-0.05, 0) is 28.7 Å². The third-order valence-electron chi connectivity index (χ3n) is 7.52. The van der Waals surface area contributed by atoms with Gasteiger partial charge in [0.05, 0.1) is 39.1 Å². The first-order chi connectivity index (χ1) is 21.3. The highest BCUT2D eigenvalue weighted by atomic mass is 16.6. The molecule has 0 radical (unpaired) electrons. The molecule has 226 valence electrons. The fourth-order valence-electron chi connectivity index (χ4n) is 5.32. The molecule has 7 nitrogen and oxygen atoms in total. The van der Waals surface area contributed by atoms with E-state index in [-0.39, 0.29) is 6.10 Å². The Balaban J connectivity index is 1.41. The Kier molecular flexibility index (Phi) is 12.3. The van der Waals surface area contributed by atoms with E-state index in [2.05, 4.69) is 5.48 Å². The SMILES string of the molecule is ONCC[C@@H]1O[C@H](COCc2ccccc2)[C@H](OCc2ccccc2)[C@H](OCc2ccccc2)[C@H]1OCc1ccccc1. The maximum atomic E-state index is 9.48. The van der Waals surface area contributed by atoms with Crippen molar-refractivity contribution in [3.05, 3.63) is 144 Å². The molecule has 2 N–H and O–H groups in total. The molecule has 0 aliphatic carbocycles. The molecule has 0 unspecified atom stereocenters. The summed E-state index contributed by atoms with van der Waals surface area (Å²) in [7, 11) is 0. The number of benzene rings is 4. The van der Waals surface area contributed by atoms with Crippen molar-refractivity contribution in [1.29, 1.82) is 0 Å². The van der Waals surface area contributed by atoms with Crippen molar-refractivity contribution in [3.63, 3.8) is 0 Å². The van der Waals surface area contributed by atoms with E-state index in [1.54, 1.807) is 0 Å². The predicted molar refractivity (Wildman–Crippen MR) is 164 cm³/mol. The molecule has 0 bridgehead atoms. The quantitative estimate of drug-likeness (QED) is 0.155. The van der Waals surface area contributed by atoms with Crippen molar-refractivity contribution in [2.45, 2.75) is 63.4 Å². The van der Waals surface area contributed by atoms with Crippen molar-refractivity contribution in [2.75, 3.05) is 13.2 Å². The van der Waals surface area contributed by atoms with Gasteiger partial charge in [-0.15, -0.1) is 0 Å². The lowest BCUT2D eigenvalue weighted by molar-refractivity contribution is -0.273. The lowest BCUT2D eigenvalue weighted by Gasteiger charge is -2.46.